The molecule has 1 aromatic rings. The number of nitrogens with zero attached hydrogens (tertiary/aromatic N) is 1. The largest absolute Gasteiger partial charge is 0.468 e. The number of hydrogen-bond acceptors (Lipinski definition) is 4. The summed E-state index contributed by atoms with van der Waals surface area (Å²) in [5.41, 5.74) is 0.619. The monoisotopic (exact) mass is 364 g/mol. The van der Waals surface area contributed by atoms with Gasteiger partial charge in [-0.25, -0.2) is 4.79 Å². The molecule has 0 bridgehead atoms. The Labute approximate surface area is 117 Å². The highest BCUT2D eigenvalue weighted by atomic mass is 79.9. The van der Waals surface area contributed by atoms with Crippen LogP contribution in [0.5, 0.6) is 0 Å². The quantitative estimate of drug-likeness (QED) is 0.833. The third-order valence-electron chi connectivity index (χ3n) is 2.05. The zero-order valence-electron chi connectivity index (χ0n) is 9.83. The first-order chi connectivity index (χ1) is 7.95. The molecule has 1 rings (SSSR count). The Hall–Kier alpha value is -0.460. The van der Waals surface area contributed by atoms with Crippen LogP contribution in [-0.2, 0) is 9.53 Å². The van der Waals surface area contributed by atoms with Crippen LogP contribution in [0.4, 0.5) is 0 Å². The maximum absolute atomic E-state index is 11.7. The van der Waals surface area contributed by atoms with Crippen LogP contribution >= 0.6 is 31.9 Å². The molecule has 1 heterocycles. The van der Waals surface area contributed by atoms with E-state index in [1.807, 2.05) is 19.9 Å². The van der Waals surface area contributed by atoms with Crippen LogP contribution in [0.15, 0.2) is 21.2 Å². The van der Waals surface area contributed by atoms with E-state index >= 15 is 0 Å². The predicted molar refractivity (Wildman–Crippen MR) is 72.7 cm³/mol. The van der Waals surface area contributed by atoms with Gasteiger partial charge in [-0.05, 0) is 51.8 Å². The molecule has 0 spiro atoms. The Morgan fingerprint density at radius 2 is 2.12 bits per heavy atom. The maximum Gasteiger partial charge on any atom is 0.329 e. The molecule has 0 radical (unpaired) electrons. The zero-order chi connectivity index (χ0) is 13.0. The number of carbonyl (C=O) groups is 1. The van der Waals surface area contributed by atoms with Crippen LogP contribution in [-0.4, -0.2) is 24.1 Å². The van der Waals surface area contributed by atoms with Gasteiger partial charge in [0.2, 0.25) is 0 Å². The molecular weight excluding hydrogens is 352 g/mol. The second-order valence-corrected chi connectivity index (χ2v) is 5.57. The first kappa shape index (κ1) is 14.6. The molecule has 0 amide bonds. The number of esters is 1. The SMILES string of the molecule is COC(=O)C(NC(C)C)c1ncc(Br)cc1Br. The molecule has 94 valence electrons. The zero-order valence-corrected chi connectivity index (χ0v) is 13.0. The Morgan fingerprint density at radius 3 is 2.59 bits per heavy atom. The molecule has 1 unspecified atom stereocenters. The lowest BCUT2D eigenvalue weighted by Gasteiger charge is -2.19. The molecule has 1 N–H and O–H groups in total. The summed E-state index contributed by atoms with van der Waals surface area (Å²) in [5, 5.41) is 3.12. The fourth-order valence-corrected chi connectivity index (χ4v) is 2.56. The topological polar surface area (TPSA) is 51.2 Å². The van der Waals surface area contributed by atoms with Gasteiger partial charge in [0.15, 0.2) is 0 Å². The van der Waals surface area contributed by atoms with Crippen molar-refractivity contribution in [3.05, 3.63) is 26.9 Å². The van der Waals surface area contributed by atoms with E-state index in [0.717, 1.165) is 8.95 Å². The van der Waals surface area contributed by atoms with E-state index in [4.69, 9.17) is 4.74 Å². The summed E-state index contributed by atoms with van der Waals surface area (Å²) < 4.78 is 6.39. The second kappa shape index (κ2) is 6.47. The average Bonchev–Trinajstić information content (AvgIpc) is 2.25. The minimum absolute atomic E-state index is 0.149. The van der Waals surface area contributed by atoms with Crippen LogP contribution < -0.4 is 5.32 Å². The molecule has 6 heteroatoms. The van der Waals surface area contributed by atoms with Crippen molar-refractivity contribution in [2.45, 2.75) is 25.9 Å². The van der Waals surface area contributed by atoms with E-state index in [-0.39, 0.29) is 12.0 Å². The van der Waals surface area contributed by atoms with Gasteiger partial charge in [-0.15, -0.1) is 0 Å². The van der Waals surface area contributed by atoms with Crippen molar-refractivity contribution in [3.63, 3.8) is 0 Å². The molecule has 17 heavy (non-hydrogen) atoms. The van der Waals surface area contributed by atoms with E-state index < -0.39 is 6.04 Å². The van der Waals surface area contributed by atoms with Gasteiger partial charge in [0.25, 0.3) is 0 Å². The van der Waals surface area contributed by atoms with Crippen molar-refractivity contribution in [2.75, 3.05) is 7.11 Å². The molecule has 0 aliphatic carbocycles. The summed E-state index contributed by atoms with van der Waals surface area (Å²) >= 11 is 6.72. The Balaban J connectivity index is 3.08. The highest BCUT2D eigenvalue weighted by molar-refractivity contribution is 9.11. The van der Waals surface area contributed by atoms with Crippen molar-refractivity contribution in [1.82, 2.24) is 10.3 Å². The molecular formula is C11H14Br2N2O2. The third kappa shape index (κ3) is 4.04. The van der Waals surface area contributed by atoms with Gasteiger partial charge >= 0.3 is 5.97 Å². The van der Waals surface area contributed by atoms with E-state index in [9.17, 15) is 4.79 Å². The molecule has 0 aromatic carbocycles. The number of carbonyl (C=O) groups excluding carboxylic acids is 1. The lowest BCUT2D eigenvalue weighted by Crippen LogP contribution is -2.35. The standard InChI is InChI=1S/C11H14Br2N2O2/c1-6(2)15-10(11(16)17-3)9-8(13)4-7(12)5-14-9/h4-6,10,15H,1-3H3. The second-order valence-electron chi connectivity index (χ2n) is 3.80. The molecule has 4 nitrogen and oxygen atoms in total. The van der Waals surface area contributed by atoms with E-state index in [1.54, 1.807) is 6.20 Å². The van der Waals surface area contributed by atoms with E-state index in [2.05, 4.69) is 42.2 Å². The molecule has 0 aliphatic heterocycles. The number of ether oxygens (including phenoxy) is 1. The van der Waals surface area contributed by atoms with Crippen LogP contribution in [0.2, 0.25) is 0 Å². The van der Waals surface area contributed by atoms with Gasteiger partial charge < -0.3 is 4.74 Å². The van der Waals surface area contributed by atoms with Gasteiger partial charge in [0, 0.05) is 21.2 Å². The van der Waals surface area contributed by atoms with Gasteiger partial charge in [-0.1, -0.05) is 0 Å². The normalized spacial score (nSPS) is 12.6. The van der Waals surface area contributed by atoms with Gasteiger partial charge in [-0.3, -0.25) is 10.3 Å². The van der Waals surface area contributed by atoms with Crippen LogP contribution in [0.3, 0.4) is 0 Å². The minimum Gasteiger partial charge on any atom is -0.468 e. The average molecular weight is 366 g/mol. The van der Waals surface area contributed by atoms with Crippen molar-refractivity contribution < 1.29 is 9.53 Å². The summed E-state index contributed by atoms with van der Waals surface area (Å²) in [4.78, 5) is 16.0. The lowest BCUT2D eigenvalue weighted by molar-refractivity contribution is -0.143. The first-order valence-electron chi connectivity index (χ1n) is 5.10. The maximum atomic E-state index is 11.7. The van der Waals surface area contributed by atoms with Gasteiger partial charge in [0.1, 0.15) is 6.04 Å². The number of nitrogens with one attached hydrogen (secondary N) is 1. The van der Waals surface area contributed by atoms with E-state index in [0.29, 0.717) is 5.69 Å². The number of methoxy groups -OCH3 is 1. The van der Waals surface area contributed by atoms with Crippen molar-refractivity contribution in [3.8, 4) is 0 Å². The van der Waals surface area contributed by atoms with Crippen molar-refractivity contribution >= 4 is 37.8 Å². The Kier molecular flexibility index (Phi) is 5.55. The summed E-state index contributed by atoms with van der Waals surface area (Å²) in [7, 11) is 1.37. The highest BCUT2D eigenvalue weighted by Crippen LogP contribution is 2.25. The predicted octanol–water partition coefficient (Wildman–Crippen LogP) is 2.82. The van der Waals surface area contributed by atoms with Crippen LogP contribution in [0.1, 0.15) is 25.6 Å². The third-order valence-corrected chi connectivity index (χ3v) is 3.12. The van der Waals surface area contributed by atoms with Crippen LogP contribution in [0, 0.1) is 0 Å². The fraction of sp³-hybridized carbons (Fsp3) is 0.455. The molecule has 0 fully saturated rings. The summed E-state index contributed by atoms with van der Waals surface area (Å²) in [6.07, 6.45) is 1.65. The number of pyridine rings is 1. The summed E-state index contributed by atoms with van der Waals surface area (Å²) in [5.74, 6) is -0.353. The number of hydrogen-bond donors (Lipinski definition) is 1. The number of halogens is 2. The number of aromatic nitrogens is 1. The molecule has 0 saturated heterocycles. The highest BCUT2D eigenvalue weighted by Gasteiger charge is 2.25. The molecule has 1 aromatic heterocycles. The van der Waals surface area contributed by atoms with Gasteiger partial charge in [0.05, 0.1) is 12.8 Å². The Morgan fingerprint density at radius 1 is 1.47 bits per heavy atom. The smallest absolute Gasteiger partial charge is 0.329 e. The molecule has 0 aliphatic rings. The Bertz CT molecular complexity index is 410. The minimum atomic E-state index is -0.567. The van der Waals surface area contributed by atoms with Crippen molar-refractivity contribution in [1.29, 1.82) is 0 Å². The lowest BCUT2D eigenvalue weighted by atomic mass is 10.1. The first-order valence-corrected chi connectivity index (χ1v) is 6.69. The number of rotatable bonds is 4. The van der Waals surface area contributed by atoms with Crippen molar-refractivity contribution in [2.24, 2.45) is 0 Å². The molecule has 0 saturated carbocycles. The fourth-order valence-electron chi connectivity index (χ4n) is 1.35. The molecule has 1 atom stereocenters. The summed E-state index contributed by atoms with van der Waals surface area (Å²) in [6.45, 7) is 3.92. The van der Waals surface area contributed by atoms with E-state index in [1.165, 1.54) is 7.11 Å². The van der Waals surface area contributed by atoms with Gasteiger partial charge in [-0.2, -0.15) is 0 Å². The van der Waals surface area contributed by atoms with Crippen LogP contribution in [0.25, 0.3) is 0 Å². The summed E-state index contributed by atoms with van der Waals surface area (Å²) in [6, 6.07) is 1.43.